The topological polar surface area (TPSA) is 128 Å². The Morgan fingerprint density at radius 2 is 1.80 bits per heavy atom. The molecule has 5 aromatic heterocycles. The third-order valence-corrected chi connectivity index (χ3v) is 8.61. The number of amides is 1. The summed E-state index contributed by atoms with van der Waals surface area (Å²) in [6.07, 6.45) is 12.1. The molecule has 0 bridgehead atoms. The van der Waals surface area contributed by atoms with Crippen LogP contribution in [-0.2, 0) is 4.79 Å². The Morgan fingerprint density at radius 3 is 2.65 bits per heavy atom. The minimum absolute atomic E-state index is 0.0550. The minimum Gasteiger partial charge on any atom is -0.384 e. The summed E-state index contributed by atoms with van der Waals surface area (Å²) in [5.41, 5.74) is 7.43. The molecule has 0 atom stereocenters. The zero-order valence-corrected chi connectivity index (χ0v) is 25.9. The Balaban J connectivity index is 1.19. The van der Waals surface area contributed by atoms with Gasteiger partial charge in [0.05, 0.1) is 35.0 Å². The molecule has 1 saturated carbocycles. The number of fused-ring (bicyclic) bond motifs is 2. The molecule has 1 aromatic carbocycles. The third kappa shape index (κ3) is 6.18. The zero-order chi connectivity index (χ0) is 31.6. The SMILES string of the molecule is CN(C)CCNc1cc(F)cc(-c2ccnc3[nH]c(-c4n[nH]c5cnc(-c6cncc(NC(=O)C7CCCCC7)c6)cc45)cc23)c1. The first-order chi connectivity index (χ1) is 22.4. The molecule has 10 nitrogen and oxygen atoms in total. The molecule has 4 N–H and O–H groups in total. The van der Waals surface area contributed by atoms with E-state index in [9.17, 15) is 9.18 Å². The van der Waals surface area contributed by atoms with Crippen LogP contribution in [0.15, 0.2) is 67.3 Å². The van der Waals surface area contributed by atoms with Gasteiger partial charge in [0.25, 0.3) is 0 Å². The van der Waals surface area contributed by atoms with Crippen LogP contribution in [0, 0.1) is 11.7 Å². The molecule has 234 valence electrons. The molecular weight excluding hydrogens is 581 g/mol. The number of nitrogens with zero attached hydrogens (tertiary/aromatic N) is 5. The van der Waals surface area contributed by atoms with Gasteiger partial charge >= 0.3 is 0 Å². The number of pyridine rings is 3. The van der Waals surface area contributed by atoms with E-state index >= 15 is 0 Å². The lowest BCUT2D eigenvalue weighted by atomic mass is 9.88. The fourth-order valence-corrected chi connectivity index (χ4v) is 6.21. The van der Waals surface area contributed by atoms with Gasteiger partial charge in [-0.05, 0) is 80.5 Å². The normalized spacial score (nSPS) is 13.9. The van der Waals surface area contributed by atoms with E-state index in [2.05, 4.69) is 45.7 Å². The molecule has 0 spiro atoms. The number of carbonyl (C=O) groups is 1. The highest BCUT2D eigenvalue weighted by molar-refractivity contribution is 6.00. The first-order valence-electron chi connectivity index (χ1n) is 15.7. The molecule has 7 rings (SSSR count). The fraction of sp³-hybridized carbons (Fsp3) is 0.286. The molecule has 6 aromatic rings. The van der Waals surface area contributed by atoms with Crippen molar-refractivity contribution in [2.24, 2.45) is 5.92 Å². The Hall–Kier alpha value is -5.16. The van der Waals surface area contributed by atoms with Crippen LogP contribution in [0.2, 0.25) is 0 Å². The molecule has 0 radical (unpaired) electrons. The number of likely N-dealkylation sites (N-methyl/N-ethyl adjacent to an activating group) is 1. The van der Waals surface area contributed by atoms with Crippen molar-refractivity contribution in [2.75, 3.05) is 37.8 Å². The molecule has 0 aliphatic heterocycles. The number of hydrogen-bond acceptors (Lipinski definition) is 7. The molecule has 1 aliphatic rings. The van der Waals surface area contributed by atoms with Crippen LogP contribution in [0.25, 0.3) is 55.7 Å². The summed E-state index contributed by atoms with van der Waals surface area (Å²) in [6, 6.07) is 12.8. The van der Waals surface area contributed by atoms with Crippen molar-refractivity contribution in [1.29, 1.82) is 0 Å². The molecule has 1 amide bonds. The van der Waals surface area contributed by atoms with E-state index in [1.807, 2.05) is 44.4 Å². The second-order valence-electron chi connectivity index (χ2n) is 12.2. The van der Waals surface area contributed by atoms with Crippen LogP contribution >= 0.6 is 0 Å². The van der Waals surface area contributed by atoms with Crippen LogP contribution < -0.4 is 10.6 Å². The highest BCUT2D eigenvalue weighted by atomic mass is 19.1. The molecule has 1 aliphatic carbocycles. The second kappa shape index (κ2) is 12.7. The average Bonchev–Trinajstić information content (AvgIpc) is 3.69. The maximum absolute atomic E-state index is 14.7. The number of aromatic amines is 2. The highest BCUT2D eigenvalue weighted by Gasteiger charge is 2.21. The predicted octanol–water partition coefficient (Wildman–Crippen LogP) is 6.86. The number of anilines is 2. The number of nitrogens with one attached hydrogen (secondary N) is 4. The van der Waals surface area contributed by atoms with Crippen molar-refractivity contribution in [1.82, 2.24) is 35.0 Å². The van der Waals surface area contributed by atoms with Gasteiger partial charge < -0.3 is 20.5 Å². The van der Waals surface area contributed by atoms with Crippen molar-refractivity contribution >= 4 is 39.2 Å². The molecule has 11 heteroatoms. The van der Waals surface area contributed by atoms with Gasteiger partial charge in [0.1, 0.15) is 17.2 Å². The maximum Gasteiger partial charge on any atom is 0.227 e. The van der Waals surface area contributed by atoms with Crippen molar-refractivity contribution in [3.8, 4) is 33.8 Å². The van der Waals surface area contributed by atoms with Crippen molar-refractivity contribution in [3.63, 3.8) is 0 Å². The van der Waals surface area contributed by atoms with Crippen molar-refractivity contribution in [2.45, 2.75) is 32.1 Å². The number of rotatable bonds is 9. The van der Waals surface area contributed by atoms with E-state index in [1.165, 1.54) is 12.5 Å². The van der Waals surface area contributed by atoms with Gasteiger partial charge in [-0.15, -0.1) is 0 Å². The largest absolute Gasteiger partial charge is 0.384 e. The molecule has 1 fully saturated rings. The summed E-state index contributed by atoms with van der Waals surface area (Å²) in [5.74, 6) is -0.198. The lowest BCUT2D eigenvalue weighted by Gasteiger charge is -2.20. The lowest BCUT2D eigenvalue weighted by Crippen LogP contribution is -2.24. The van der Waals surface area contributed by atoms with E-state index in [1.54, 1.807) is 30.9 Å². The van der Waals surface area contributed by atoms with Gasteiger partial charge in [-0.3, -0.25) is 19.9 Å². The van der Waals surface area contributed by atoms with Crippen LogP contribution in [0.1, 0.15) is 32.1 Å². The summed E-state index contributed by atoms with van der Waals surface area (Å²) in [6.45, 7) is 1.54. The minimum atomic E-state index is -0.309. The molecular formula is C35H36FN9O. The van der Waals surface area contributed by atoms with Gasteiger partial charge in [0.2, 0.25) is 5.91 Å². The lowest BCUT2D eigenvalue weighted by molar-refractivity contribution is -0.120. The zero-order valence-electron chi connectivity index (χ0n) is 25.9. The quantitative estimate of drug-likeness (QED) is 0.140. The molecule has 46 heavy (non-hydrogen) atoms. The van der Waals surface area contributed by atoms with Gasteiger partial charge in [0, 0.05) is 53.4 Å². The van der Waals surface area contributed by atoms with Crippen LogP contribution in [-0.4, -0.2) is 68.1 Å². The monoisotopic (exact) mass is 617 g/mol. The maximum atomic E-state index is 14.7. The standard InChI is InChI=1S/C35H36FN9O/c1-45(2)11-10-38-25-13-22(12-24(36)15-25)27-8-9-39-34-28(27)16-31(42-34)33-29-17-30(40-20-32(29)43-44-33)23-14-26(19-37-18-23)41-35(46)21-6-4-3-5-7-21/h8-9,12-21,38H,3-7,10-11H2,1-2H3,(H,39,42)(H,41,46)(H,43,44). The fourth-order valence-electron chi connectivity index (χ4n) is 6.21. The van der Waals surface area contributed by atoms with E-state index in [4.69, 9.17) is 0 Å². The van der Waals surface area contributed by atoms with Gasteiger partial charge in [-0.1, -0.05) is 19.3 Å². The number of hydrogen-bond donors (Lipinski definition) is 4. The first kappa shape index (κ1) is 29.5. The summed E-state index contributed by atoms with van der Waals surface area (Å²) >= 11 is 0. The van der Waals surface area contributed by atoms with E-state index in [0.29, 0.717) is 29.3 Å². The molecule has 5 heterocycles. The number of aromatic nitrogens is 6. The van der Waals surface area contributed by atoms with Crippen LogP contribution in [0.5, 0.6) is 0 Å². The van der Waals surface area contributed by atoms with Crippen LogP contribution in [0.3, 0.4) is 0 Å². The summed E-state index contributed by atoms with van der Waals surface area (Å²) in [4.78, 5) is 31.9. The summed E-state index contributed by atoms with van der Waals surface area (Å²) in [5, 5.41) is 15.8. The Morgan fingerprint density at radius 1 is 0.957 bits per heavy atom. The highest BCUT2D eigenvalue weighted by Crippen LogP contribution is 2.35. The van der Waals surface area contributed by atoms with E-state index in [0.717, 1.165) is 76.6 Å². The average molecular weight is 618 g/mol. The Bertz CT molecular complexity index is 2030. The predicted molar refractivity (Wildman–Crippen MR) is 180 cm³/mol. The molecule has 0 saturated heterocycles. The van der Waals surface area contributed by atoms with E-state index in [-0.39, 0.29) is 17.6 Å². The third-order valence-electron chi connectivity index (χ3n) is 8.61. The number of benzene rings is 1. The van der Waals surface area contributed by atoms with Gasteiger partial charge in [-0.2, -0.15) is 5.10 Å². The number of halogens is 1. The Kier molecular flexibility index (Phi) is 8.15. The smallest absolute Gasteiger partial charge is 0.227 e. The summed E-state index contributed by atoms with van der Waals surface area (Å²) in [7, 11) is 4.01. The van der Waals surface area contributed by atoms with Gasteiger partial charge in [0.15, 0.2) is 0 Å². The van der Waals surface area contributed by atoms with Crippen LogP contribution in [0.4, 0.5) is 15.8 Å². The van der Waals surface area contributed by atoms with Gasteiger partial charge in [-0.25, -0.2) is 9.37 Å². The first-order valence-corrected chi connectivity index (χ1v) is 15.7. The molecule has 0 unspecified atom stereocenters. The van der Waals surface area contributed by atoms with Crippen molar-refractivity contribution in [3.05, 3.63) is 73.1 Å². The number of carbonyl (C=O) groups excluding carboxylic acids is 1. The summed E-state index contributed by atoms with van der Waals surface area (Å²) < 4.78 is 14.7. The number of H-pyrrole nitrogens is 2. The van der Waals surface area contributed by atoms with E-state index < -0.39 is 0 Å². The van der Waals surface area contributed by atoms with Crippen molar-refractivity contribution < 1.29 is 9.18 Å². The Labute approximate surface area is 265 Å². The second-order valence-corrected chi connectivity index (χ2v) is 12.2.